The monoisotopic (exact) mass is 205 g/mol. The van der Waals surface area contributed by atoms with E-state index in [1.807, 2.05) is 6.92 Å². The summed E-state index contributed by atoms with van der Waals surface area (Å²) in [6, 6.07) is -0.779. The predicted octanol–water partition coefficient (Wildman–Crippen LogP) is -0.219. The number of carbonyl (C=O) groups excluding carboxylic acids is 2. The number of amides is 1. The highest BCUT2D eigenvalue weighted by molar-refractivity contribution is 7.46. The molecular formula is C7H14N2O3P+. The number of hydrogen-bond donors (Lipinski definition) is 2. The first kappa shape index (κ1) is 12.2. The van der Waals surface area contributed by atoms with Crippen LogP contribution in [0.5, 0.6) is 0 Å². The van der Waals surface area contributed by atoms with Crippen LogP contribution in [0.2, 0.25) is 0 Å². The van der Waals surface area contributed by atoms with E-state index in [0.717, 1.165) is 0 Å². The first-order valence-corrected chi connectivity index (χ1v) is 4.97. The van der Waals surface area contributed by atoms with E-state index in [-0.39, 0.29) is 18.7 Å². The van der Waals surface area contributed by atoms with E-state index < -0.39 is 20.0 Å². The molecule has 6 heteroatoms. The van der Waals surface area contributed by atoms with Gasteiger partial charge in [0.25, 0.3) is 0 Å². The average Bonchev–Trinajstić information content (AvgIpc) is 2.13. The van der Waals surface area contributed by atoms with Crippen LogP contribution in [0.3, 0.4) is 0 Å². The van der Waals surface area contributed by atoms with Gasteiger partial charge < -0.3 is 11.1 Å². The molecule has 0 saturated heterocycles. The van der Waals surface area contributed by atoms with E-state index in [9.17, 15) is 14.2 Å². The lowest BCUT2D eigenvalue weighted by Crippen LogP contribution is -2.30. The van der Waals surface area contributed by atoms with Crippen molar-refractivity contribution in [2.45, 2.75) is 25.8 Å². The van der Waals surface area contributed by atoms with Crippen LogP contribution in [0, 0.1) is 0 Å². The van der Waals surface area contributed by atoms with Crippen molar-refractivity contribution in [1.82, 2.24) is 5.32 Å². The molecule has 0 aromatic rings. The first-order chi connectivity index (χ1) is 6.11. The standard InChI is InChI=1S/C7H13N2O3P/c1-2-9-6(10)4-3-5(8)7(11)13-12/h5H,2-4,8H2,1H3,(H,9,10)/p+1/t5-/m0/s1. The van der Waals surface area contributed by atoms with Gasteiger partial charge in [0.15, 0.2) is 0 Å². The predicted molar refractivity (Wildman–Crippen MR) is 49.9 cm³/mol. The Labute approximate surface area is 78.3 Å². The molecule has 74 valence electrons. The van der Waals surface area contributed by atoms with Gasteiger partial charge in [-0.1, -0.05) is 4.57 Å². The van der Waals surface area contributed by atoms with Gasteiger partial charge in [-0.15, -0.1) is 0 Å². The maximum Gasteiger partial charge on any atom is 0.402 e. The van der Waals surface area contributed by atoms with E-state index in [1.54, 1.807) is 0 Å². The molecule has 0 fully saturated rings. The van der Waals surface area contributed by atoms with Gasteiger partial charge >= 0.3 is 14.0 Å². The van der Waals surface area contributed by atoms with E-state index in [2.05, 4.69) is 5.32 Å². The highest BCUT2D eigenvalue weighted by Gasteiger charge is 2.20. The average molecular weight is 205 g/mol. The summed E-state index contributed by atoms with van der Waals surface area (Å²) >= 11 is 0. The Morgan fingerprint density at radius 1 is 1.54 bits per heavy atom. The van der Waals surface area contributed by atoms with Crippen LogP contribution >= 0.6 is 8.46 Å². The molecule has 0 radical (unpaired) electrons. The lowest BCUT2D eigenvalue weighted by Gasteiger charge is -2.03. The van der Waals surface area contributed by atoms with Gasteiger partial charge in [-0.25, -0.2) is 4.79 Å². The molecule has 0 aromatic carbocycles. The normalized spacial score (nSPS) is 12.5. The van der Waals surface area contributed by atoms with Crippen molar-refractivity contribution < 1.29 is 14.2 Å². The van der Waals surface area contributed by atoms with Crippen molar-refractivity contribution in [2.75, 3.05) is 6.54 Å². The topological polar surface area (TPSA) is 89.3 Å². The quantitative estimate of drug-likeness (QED) is 0.586. The summed E-state index contributed by atoms with van der Waals surface area (Å²) in [4.78, 5) is 21.6. The van der Waals surface area contributed by atoms with Gasteiger partial charge in [0.05, 0.1) is 0 Å². The molecule has 1 unspecified atom stereocenters. The van der Waals surface area contributed by atoms with Crippen molar-refractivity contribution in [3.63, 3.8) is 0 Å². The van der Waals surface area contributed by atoms with Crippen LogP contribution in [0.4, 0.5) is 0 Å². The molecule has 1 amide bonds. The van der Waals surface area contributed by atoms with Crippen LogP contribution in [-0.4, -0.2) is 24.0 Å². The third kappa shape index (κ3) is 5.44. The molecule has 0 saturated carbocycles. The van der Waals surface area contributed by atoms with E-state index >= 15 is 0 Å². The summed E-state index contributed by atoms with van der Waals surface area (Å²) in [5.41, 5.74) is 4.84. The maximum atomic E-state index is 10.9. The summed E-state index contributed by atoms with van der Waals surface area (Å²) in [5.74, 6) is -0.139. The summed E-state index contributed by atoms with van der Waals surface area (Å²) in [6.07, 6.45) is 0.450. The third-order valence-electron chi connectivity index (χ3n) is 1.49. The van der Waals surface area contributed by atoms with E-state index in [4.69, 9.17) is 5.73 Å². The lowest BCUT2D eigenvalue weighted by atomic mass is 10.2. The van der Waals surface area contributed by atoms with Gasteiger partial charge in [-0.05, 0) is 13.3 Å². The molecule has 0 rings (SSSR count). The fourth-order valence-electron chi connectivity index (χ4n) is 0.779. The summed E-state index contributed by atoms with van der Waals surface area (Å²) in [6.45, 7) is 2.37. The number of nitrogens with one attached hydrogen (secondary N) is 1. The number of rotatable bonds is 6. The molecule has 3 N–H and O–H groups in total. The molecule has 0 aliphatic heterocycles. The fraction of sp³-hybridized carbons (Fsp3) is 0.714. The van der Waals surface area contributed by atoms with Crippen molar-refractivity contribution in [3.05, 3.63) is 0 Å². The molecule has 0 bridgehead atoms. The Hall–Kier alpha value is -0.800. The SMILES string of the molecule is CCNC(=O)CC[C@H](N)C(=O)[PH+]=O. The molecule has 0 heterocycles. The molecule has 0 spiro atoms. The van der Waals surface area contributed by atoms with Gasteiger partial charge in [-0.3, -0.25) is 4.79 Å². The fourth-order valence-corrected chi connectivity index (χ4v) is 1.07. The minimum atomic E-state index is -1.03. The minimum Gasteiger partial charge on any atom is -0.356 e. The van der Waals surface area contributed by atoms with Crippen molar-refractivity contribution in [3.8, 4) is 0 Å². The second-order valence-corrected chi connectivity index (χ2v) is 3.26. The molecule has 0 aliphatic carbocycles. The first-order valence-electron chi connectivity index (χ1n) is 4.06. The van der Waals surface area contributed by atoms with Crippen LogP contribution in [-0.2, 0) is 14.2 Å². The van der Waals surface area contributed by atoms with Gasteiger partial charge in [0, 0.05) is 13.0 Å². The maximum absolute atomic E-state index is 10.9. The molecule has 13 heavy (non-hydrogen) atoms. The van der Waals surface area contributed by atoms with Crippen LogP contribution in [0.1, 0.15) is 19.8 Å². The Balaban J connectivity index is 3.69. The third-order valence-corrected chi connectivity index (χ3v) is 2.07. The number of hydrogen-bond acceptors (Lipinski definition) is 4. The zero-order valence-electron chi connectivity index (χ0n) is 7.50. The lowest BCUT2D eigenvalue weighted by molar-refractivity contribution is -0.121. The molecule has 5 nitrogen and oxygen atoms in total. The highest BCUT2D eigenvalue weighted by atomic mass is 31.1. The van der Waals surface area contributed by atoms with Crippen molar-refractivity contribution >= 4 is 19.9 Å². The molecule has 0 aromatic heterocycles. The van der Waals surface area contributed by atoms with Gasteiger partial charge in [-0.2, -0.15) is 0 Å². The van der Waals surface area contributed by atoms with Crippen LogP contribution in [0.15, 0.2) is 0 Å². The van der Waals surface area contributed by atoms with Crippen molar-refractivity contribution in [1.29, 1.82) is 0 Å². The molecular weight excluding hydrogens is 191 g/mol. The summed E-state index contributed by atoms with van der Waals surface area (Å²) < 4.78 is 10.1. The Morgan fingerprint density at radius 2 is 2.15 bits per heavy atom. The van der Waals surface area contributed by atoms with E-state index in [1.165, 1.54) is 0 Å². The zero-order valence-corrected chi connectivity index (χ0v) is 8.50. The summed E-state index contributed by atoms with van der Waals surface area (Å²) in [7, 11) is -1.03. The number of carbonyl (C=O) groups is 2. The second kappa shape index (κ2) is 6.69. The van der Waals surface area contributed by atoms with Crippen molar-refractivity contribution in [2.24, 2.45) is 5.73 Å². The smallest absolute Gasteiger partial charge is 0.356 e. The largest absolute Gasteiger partial charge is 0.402 e. The van der Waals surface area contributed by atoms with Gasteiger partial charge in [0.2, 0.25) is 5.91 Å². The Kier molecular flexibility index (Phi) is 6.28. The van der Waals surface area contributed by atoms with Crippen LogP contribution in [0.25, 0.3) is 0 Å². The minimum absolute atomic E-state index is 0.139. The molecule has 0 aliphatic rings. The zero-order chi connectivity index (χ0) is 10.3. The Bertz CT molecular complexity index is 208. The summed E-state index contributed by atoms with van der Waals surface area (Å²) in [5, 5.41) is 2.58. The Morgan fingerprint density at radius 3 is 2.62 bits per heavy atom. The van der Waals surface area contributed by atoms with Gasteiger partial charge in [0.1, 0.15) is 6.04 Å². The van der Waals surface area contributed by atoms with Crippen LogP contribution < -0.4 is 11.1 Å². The molecule has 2 atom stereocenters. The highest BCUT2D eigenvalue weighted by Crippen LogP contribution is 2.03. The number of nitrogens with two attached hydrogens (primary N) is 1. The van der Waals surface area contributed by atoms with E-state index in [0.29, 0.717) is 6.54 Å². The second-order valence-electron chi connectivity index (χ2n) is 2.56.